The number of aromatic nitrogens is 1. The summed E-state index contributed by atoms with van der Waals surface area (Å²) in [6.07, 6.45) is 4.74. The summed E-state index contributed by atoms with van der Waals surface area (Å²) >= 11 is 0. The fourth-order valence-corrected chi connectivity index (χ4v) is 2.73. The van der Waals surface area contributed by atoms with Crippen molar-refractivity contribution in [1.29, 1.82) is 0 Å². The number of carbonyl (C=O) groups excluding carboxylic acids is 1. The molecule has 0 radical (unpaired) electrons. The first-order chi connectivity index (χ1) is 11.0. The zero-order valence-electron chi connectivity index (χ0n) is 14.3. The molecule has 0 saturated heterocycles. The fourth-order valence-electron chi connectivity index (χ4n) is 2.73. The second kappa shape index (κ2) is 7.77. The van der Waals surface area contributed by atoms with Crippen LogP contribution in [0.4, 0.5) is 0 Å². The SMILES string of the molecule is COc1c(C)cc(C)cc1CC(=O)N(C)CCc1ccncc1. The summed E-state index contributed by atoms with van der Waals surface area (Å²) in [7, 11) is 3.50. The van der Waals surface area contributed by atoms with Crippen LogP contribution in [0.2, 0.25) is 0 Å². The van der Waals surface area contributed by atoms with Gasteiger partial charge in [-0.3, -0.25) is 9.78 Å². The molecule has 0 aliphatic heterocycles. The zero-order chi connectivity index (χ0) is 16.8. The first kappa shape index (κ1) is 17.0. The Morgan fingerprint density at radius 1 is 1.22 bits per heavy atom. The van der Waals surface area contributed by atoms with Crippen LogP contribution in [0.25, 0.3) is 0 Å². The first-order valence-electron chi connectivity index (χ1n) is 7.78. The highest BCUT2D eigenvalue weighted by atomic mass is 16.5. The van der Waals surface area contributed by atoms with Gasteiger partial charge in [-0.05, 0) is 43.5 Å². The predicted octanol–water partition coefficient (Wildman–Crippen LogP) is 2.95. The molecule has 0 atom stereocenters. The molecule has 1 amide bonds. The van der Waals surface area contributed by atoms with E-state index in [2.05, 4.69) is 11.1 Å². The maximum absolute atomic E-state index is 12.5. The third kappa shape index (κ3) is 4.55. The highest BCUT2D eigenvalue weighted by molar-refractivity contribution is 5.79. The Labute approximate surface area is 138 Å². The number of carbonyl (C=O) groups is 1. The Morgan fingerprint density at radius 2 is 1.91 bits per heavy atom. The summed E-state index contributed by atoms with van der Waals surface area (Å²) in [5.74, 6) is 0.911. The molecule has 0 aliphatic carbocycles. The van der Waals surface area contributed by atoms with Crippen LogP contribution in [-0.4, -0.2) is 36.5 Å². The second-order valence-electron chi connectivity index (χ2n) is 5.87. The van der Waals surface area contributed by atoms with E-state index >= 15 is 0 Å². The number of amides is 1. The van der Waals surface area contributed by atoms with Gasteiger partial charge in [-0.15, -0.1) is 0 Å². The maximum atomic E-state index is 12.5. The number of likely N-dealkylation sites (N-methyl/N-ethyl adjacent to an activating group) is 1. The normalized spacial score (nSPS) is 10.4. The Morgan fingerprint density at radius 3 is 2.57 bits per heavy atom. The van der Waals surface area contributed by atoms with Crippen LogP contribution in [0.3, 0.4) is 0 Å². The van der Waals surface area contributed by atoms with Gasteiger partial charge in [-0.1, -0.05) is 17.7 Å². The Kier molecular flexibility index (Phi) is 5.74. The van der Waals surface area contributed by atoms with Crippen LogP contribution in [0.15, 0.2) is 36.7 Å². The van der Waals surface area contributed by atoms with Crippen LogP contribution in [0, 0.1) is 13.8 Å². The molecule has 0 aliphatic rings. The topological polar surface area (TPSA) is 42.4 Å². The predicted molar refractivity (Wildman–Crippen MR) is 91.8 cm³/mol. The molecule has 0 N–H and O–H groups in total. The van der Waals surface area contributed by atoms with Crippen LogP contribution >= 0.6 is 0 Å². The number of ether oxygens (including phenoxy) is 1. The standard InChI is InChI=1S/C19H24N2O2/c1-14-11-15(2)19(23-4)17(12-14)13-18(22)21(3)10-7-16-5-8-20-9-6-16/h5-6,8-9,11-12H,7,10,13H2,1-4H3. The summed E-state index contributed by atoms with van der Waals surface area (Å²) in [5, 5.41) is 0. The molecule has 0 spiro atoms. The quantitative estimate of drug-likeness (QED) is 0.823. The third-order valence-electron chi connectivity index (χ3n) is 3.95. The van der Waals surface area contributed by atoms with Gasteiger partial charge in [-0.25, -0.2) is 0 Å². The monoisotopic (exact) mass is 312 g/mol. The van der Waals surface area contributed by atoms with Crippen molar-refractivity contribution in [3.8, 4) is 5.75 Å². The number of rotatable bonds is 6. The number of methoxy groups -OCH3 is 1. The highest BCUT2D eigenvalue weighted by Crippen LogP contribution is 2.25. The lowest BCUT2D eigenvalue weighted by Gasteiger charge is -2.19. The van der Waals surface area contributed by atoms with Gasteiger partial charge in [-0.2, -0.15) is 0 Å². The first-order valence-corrected chi connectivity index (χ1v) is 7.78. The van der Waals surface area contributed by atoms with E-state index in [4.69, 9.17) is 4.74 Å². The molecule has 1 aromatic carbocycles. The van der Waals surface area contributed by atoms with Gasteiger partial charge in [0.1, 0.15) is 5.75 Å². The van der Waals surface area contributed by atoms with Gasteiger partial charge in [0.25, 0.3) is 0 Å². The van der Waals surface area contributed by atoms with Crippen LogP contribution in [0.5, 0.6) is 5.75 Å². The van der Waals surface area contributed by atoms with Gasteiger partial charge in [0.15, 0.2) is 0 Å². The molecule has 0 fully saturated rings. The van der Waals surface area contributed by atoms with E-state index < -0.39 is 0 Å². The molecular weight excluding hydrogens is 288 g/mol. The third-order valence-corrected chi connectivity index (χ3v) is 3.95. The lowest BCUT2D eigenvalue weighted by Crippen LogP contribution is -2.30. The van der Waals surface area contributed by atoms with E-state index in [1.165, 1.54) is 5.56 Å². The number of hydrogen-bond donors (Lipinski definition) is 0. The van der Waals surface area contributed by atoms with Gasteiger partial charge >= 0.3 is 0 Å². The van der Waals surface area contributed by atoms with E-state index in [0.717, 1.165) is 28.9 Å². The Balaban J connectivity index is 2.01. The van der Waals surface area contributed by atoms with Crippen molar-refractivity contribution in [2.45, 2.75) is 26.7 Å². The van der Waals surface area contributed by atoms with Crippen molar-refractivity contribution in [2.75, 3.05) is 20.7 Å². The summed E-state index contributed by atoms with van der Waals surface area (Å²) in [6, 6.07) is 8.05. The average Bonchev–Trinajstić information content (AvgIpc) is 2.53. The zero-order valence-corrected chi connectivity index (χ0v) is 14.3. The van der Waals surface area contributed by atoms with Crippen molar-refractivity contribution in [3.63, 3.8) is 0 Å². The highest BCUT2D eigenvalue weighted by Gasteiger charge is 2.15. The number of hydrogen-bond acceptors (Lipinski definition) is 3. The van der Waals surface area contributed by atoms with Gasteiger partial charge in [0.05, 0.1) is 13.5 Å². The van der Waals surface area contributed by atoms with E-state index in [1.807, 2.05) is 39.1 Å². The molecule has 122 valence electrons. The molecule has 2 aromatic rings. The number of benzene rings is 1. The van der Waals surface area contributed by atoms with Crippen LogP contribution in [-0.2, 0) is 17.6 Å². The number of pyridine rings is 1. The molecule has 0 saturated carbocycles. The molecule has 0 bridgehead atoms. The minimum absolute atomic E-state index is 0.0994. The van der Waals surface area contributed by atoms with Gasteiger partial charge < -0.3 is 9.64 Å². The lowest BCUT2D eigenvalue weighted by molar-refractivity contribution is -0.129. The maximum Gasteiger partial charge on any atom is 0.226 e. The van der Waals surface area contributed by atoms with Crippen molar-refractivity contribution in [2.24, 2.45) is 0 Å². The molecule has 23 heavy (non-hydrogen) atoms. The van der Waals surface area contributed by atoms with Gasteiger partial charge in [0.2, 0.25) is 5.91 Å². The van der Waals surface area contributed by atoms with Crippen molar-refractivity contribution in [3.05, 3.63) is 58.9 Å². The van der Waals surface area contributed by atoms with Gasteiger partial charge in [0, 0.05) is 31.5 Å². The minimum atomic E-state index is 0.0994. The van der Waals surface area contributed by atoms with E-state index in [9.17, 15) is 4.79 Å². The van der Waals surface area contributed by atoms with E-state index in [-0.39, 0.29) is 5.91 Å². The van der Waals surface area contributed by atoms with Crippen molar-refractivity contribution >= 4 is 5.91 Å². The van der Waals surface area contributed by atoms with Crippen LogP contribution < -0.4 is 4.74 Å². The Bertz CT molecular complexity index is 669. The molecule has 0 unspecified atom stereocenters. The lowest BCUT2D eigenvalue weighted by atomic mass is 10.0. The molecule has 4 heteroatoms. The molecular formula is C19H24N2O2. The molecule has 2 rings (SSSR count). The van der Waals surface area contributed by atoms with Crippen LogP contribution in [0.1, 0.15) is 22.3 Å². The summed E-state index contributed by atoms with van der Waals surface area (Å²) in [4.78, 5) is 18.3. The number of nitrogens with zero attached hydrogens (tertiary/aromatic N) is 2. The van der Waals surface area contributed by atoms with E-state index in [1.54, 1.807) is 24.4 Å². The summed E-state index contributed by atoms with van der Waals surface area (Å²) in [5.41, 5.74) is 4.34. The smallest absolute Gasteiger partial charge is 0.226 e. The summed E-state index contributed by atoms with van der Waals surface area (Å²) in [6.45, 7) is 4.73. The van der Waals surface area contributed by atoms with E-state index in [0.29, 0.717) is 13.0 Å². The second-order valence-corrected chi connectivity index (χ2v) is 5.87. The minimum Gasteiger partial charge on any atom is -0.496 e. The largest absolute Gasteiger partial charge is 0.496 e. The molecule has 1 aromatic heterocycles. The van der Waals surface area contributed by atoms with Crippen molar-refractivity contribution < 1.29 is 9.53 Å². The molecule has 1 heterocycles. The summed E-state index contributed by atoms with van der Waals surface area (Å²) < 4.78 is 5.46. The Hall–Kier alpha value is -2.36. The fraction of sp³-hybridized carbons (Fsp3) is 0.368. The average molecular weight is 312 g/mol. The number of aryl methyl sites for hydroxylation is 2. The van der Waals surface area contributed by atoms with Crippen molar-refractivity contribution in [1.82, 2.24) is 9.88 Å². The molecule has 4 nitrogen and oxygen atoms in total.